The highest BCUT2D eigenvalue weighted by Crippen LogP contribution is 2.34. The van der Waals surface area contributed by atoms with Gasteiger partial charge in [0.05, 0.1) is 45.8 Å². The number of aldehydes is 1. The van der Waals surface area contributed by atoms with Gasteiger partial charge in [-0.2, -0.15) is 0 Å². The lowest BCUT2D eigenvalue weighted by atomic mass is 10.1. The van der Waals surface area contributed by atoms with Gasteiger partial charge in [-0.05, 0) is 30.3 Å². The van der Waals surface area contributed by atoms with Gasteiger partial charge in [-0.15, -0.1) is 0 Å². The molecule has 8 heteroatoms. The van der Waals surface area contributed by atoms with Crippen molar-refractivity contribution in [3.8, 4) is 22.8 Å². The molecule has 0 fully saturated rings. The second-order valence-corrected chi connectivity index (χ2v) is 5.33. The second-order valence-electron chi connectivity index (χ2n) is 5.33. The first-order valence-corrected chi connectivity index (χ1v) is 8.16. The summed E-state index contributed by atoms with van der Waals surface area (Å²) in [5.41, 5.74) is 0.545. The first-order chi connectivity index (χ1) is 13.1. The van der Waals surface area contributed by atoms with E-state index in [1.165, 1.54) is 20.3 Å². The number of hydrogen-bond acceptors (Lipinski definition) is 8. The summed E-state index contributed by atoms with van der Waals surface area (Å²) in [5.74, 6) is 0.746. The Bertz CT molecular complexity index is 793. The number of methoxy groups -OCH3 is 2. The van der Waals surface area contributed by atoms with Gasteiger partial charge in [0.15, 0.2) is 12.0 Å². The van der Waals surface area contributed by atoms with Crippen molar-refractivity contribution >= 4 is 18.2 Å². The van der Waals surface area contributed by atoms with Crippen LogP contribution >= 0.6 is 0 Å². The predicted molar refractivity (Wildman–Crippen MR) is 93.8 cm³/mol. The van der Waals surface area contributed by atoms with E-state index in [9.17, 15) is 14.4 Å². The molecule has 0 N–H and O–H groups in total. The maximum Gasteiger partial charge on any atom is 0.308 e. The Morgan fingerprint density at radius 1 is 0.963 bits per heavy atom. The van der Waals surface area contributed by atoms with E-state index in [2.05, 4.69) is 9.47 Å². The van der Waals surface area contributed by atoms with Crippen molar-refractivity contribution in [1.82, 2.24) is 0 Å². The number of hydrogen-bond donors (Lipinski definition) is 0. The minimum atomic E-state index is -0.388. The van der Waals surface area contributed by atoms with E-state index in [-0.39, 0.29) is 43.8 Å². The van der Waals surface area contributed by atoms with Crippen LogP contribution < -0.4 is 9.47 Å². The van der Waals surface area contributed by atoms with Gasteiger partial charge in [0.1, 0.15) is 17.3 Å². The van der Waals surface area contributed by atoms with Gasteiger partial charge in [0.25, 0.3) is 0 Å². The van der Waals surface area contributed by atoms with Crippen LogP contribution in [-0.4, -0.2) is 45.7 Å². The molecule has 0 unspecified atom stereocenters. The standard InChI is InChI=1S/C19H20O8/c1-23-18(21)7-9-25-13-3-5-16(26-10-8-19(22)24-2)15(11-13)17-6-4-14(12-20)27-17/h3-6,11-12H,7-10H2,1-2H3. The van der Waals surface area contributed by atoms with Crippen LogP contribution in [0.4, 0.5) is 0 Å². The van der Waals surface area contributed by atoms with Gasteiger partial charge in [0, 0.05) is 0 Å². The van der Waals surface area contributed by atoms with Gasteiger partial charge in [-0.1, -0.05) is 0 Å². The molecular weight excluding hydrogens is 356 g/mol. The van der Waals surface area contributed by atoms with Gasteiger partial charge in [-0.25, -0.2) is 0 Å². The van der Waals surface area contributed by atoms with E-state index < -0.39 is 0 Å². The molecule has 8 nitrogen and oxygen atoms in total. The van der Waals surface area contributed by atoms with E-state index in [0.717, 1.165) is 0 Å². The van der Waals surface area contributed by atoms with Crippen LogP contribution in [0.3, 0.4) is 0 Å². The normalized spacial score (nSPS) is 10.1. The zero-order valence-corrected chi connectivity index (χ0v) is 15.1. The number of carbonyl (C=O) groups excluding carboxylic acids is 3. The highest BCUT2D eigenvalue weighted by Gasteiger charge is 2.14. The fourth-order valence-electron chi connectivity index (χ4n) is 2.18. The quantitative estimate of drug-likeness (QED) is 0.461. The molecule has 1 heterocycles. The largest absolute Gasteiger partial charge is 0.493 e. The maximum atomic E-state index is 11.2. The molecule has 0 bridgehead atoms. The molecule has 2 rings (SSSR count). The third-order valence-electron chi connectivity index (χ3n) is 3.55. The van der Waals surface area contributed by atoms with Crippen molar-refractivity contribution in [2.75, 3.05) is 27.4 Å². The zero-order valence-electron chi connectivity index (χ0n) is 15.1. The Balaban J connectivity index is 2.17. The molecule has 2 aromatic rings. The summed E-state index contributed by atoms with van der Waals surface area (Å²) in [4.78, 5) is 33.3. The fraction of sp³-hybridized carbons (Fsp3) is 0.316. The lowest BCUT2D eigenvalue weighted by Gasteiger charge is -2.12. The van der Waals surface area contributed by atoms with Crippen molar-refractivity contribution in [3.05, 3.63) is 36.1 Å². The third-order valence-corrected chi connectivity index (χ3v) is 3.55. The average molecular weight is 376 g/mol. The van der Waals surface area contributed by atoms with Crippen molar-refractivity contribution in [3.63, 3.8) is 0 Å². The molecule has 144 valence electrons. The molecule has 0 aliphatic heterocycles. The lowest BCUT2D eigenvalue weighted by Crippen LogP contribution is -2.09. The van der Waals surface area contributed by atoms with Crippen LogP contribution in [0.2, 0.25) is 0 Å². The molecule has 1 aromatic heterocycles. The van der Waals surface area contributed by atoms with Gasteiger partial charge in [-0.3, -0.25) is 14.4 Å². The Kier molecular flexibility index (Phi) is 7.42. The summed E-state index contributed by atoms with van der Waals surface area (Å²) in [7, 11) is 2.61. The molecule has 0 aliphatic carbocycles. The van der Waals surface area contributed by atoms with Crippen LogP contribution in [0, 0.1) is 0 Å². The van der Waals surface area contributed by atoms with Crippen LogP contribution in [0.15, 0.2) is 34.7 Å². The Hall–Kier alpha value is -3.29. The number of benzene rings is 1. The van der Waals surface area contributed by atoms with Crippen molar-refractivity contribution in [2.24, 2.45) is 0 Å². The first kappa shape index (κ1) is 20.0. The third kappa shape index (κ3) is 5.88. The number of esters is 2. The minimum absolute atomic E-state index is 0.0884. The molecule has 0 radical (unpaired) electrons. The maximum absolute atomic E-state index is 11.2. The highest BCUT2D eigenvalue weighted by molar-refractivity contribution is 5.75. The summed E-state index contributed by atoms with van der Waals surface area (Å²) in [5, 5.41) is 0. The topological polar surface area (TPSA) is 101 Å². The molecule has 0 saturated heterocycles. The first-order valence-electron chi connectivity index (χ1n) is 8.16. The summed E-state index contributed by atoms with van der Waals surface area (Å²) >= 11 is 0. The van der Waals surface area contributed by atoms with Crippen LogP contribution in [0.25, 0.3) is 11.3 Å². The zero-order chi connectivity index (χ0) is 19.6. The van der Waals surface area contributed by atoms with Crippen LogP contribution in [-0.2, 0) is 19.1 Å². The molecular formula is C19H20O8. The molecule has 1 aromatic carbocycles. The summed E-state index contributed by atoms with van der Waals surface area (Å²) in [6.45, 7) is 0.260. The van der Waals surface area contributed by atoms with E-state index in [1.54, 1.807) is 24.3 Å². The lowest BCUT2D eigenvalue weighted by molar-refractivity contribution is -0.142. The smallest absolute Gasteiger partial charge is 0.308 e. The van der Waals surface area contributed by atoms with Crippen LogP contribution in [0.1, 0.15) is 23.4 Å². The number of carbonyl (C=O) groups is 3. The Labute approximate surface area is 156 Å². The summed E-state index contributed by atoms with van der Waals surface area (Å²) < 4.78 is 25.8. The van der Waals surface area contributed by atoms with E-state index in [1.807, 2.05) is 0 Å². The monoisotopic (exact) mass is 376 g/mol. The number of furan rings is 1. The van der Waals surface area contributed by atoms with Crippen molar-refractivity contribution in [1.29, 1.82) is 0 Å². The molecule has 0 amide bonds. The van der Waals surface area contributed by atoms with Gasteiger partial charge >= 0.3 is 11.9 Å². The van der Waals surface area contributed by atoms with Crippen molar-refractivity contribution in [2.45, 2.75) is 12.8 Å². The SMILES string of the molecule is COC(=O)CCOc1ccc(OCCC(=O)OC)c(-c2ccc(C=O)o2)c1. The predicted octanol–water partition coefficient (Wildman–Crippen LogP) is 2.64. The molecule has 0 atom stereocenters. The van der Waals surface area contributed by atoms with Gasteiger partial charge < -0.3 is 23.4 Å². The summed E-state index contributed by atoms with van der Waals surface area (Å²) in [6.07, 6.45) is 0.794. The molecule has 0 spiro atoms. The fourth-order valence-corrected chi connectivity index (χ4v) is 2.18. The number of rotatable bonds is 10. The molecule has 0 aliphatic rings. The van der Waals surface area contributed by atoms with Crippen LogP contribution in [0.5, 0.6) is 11.5 Å². The average Bonchev–Trinajstić information content (AvgIpc) is 3.17. The minimum Gasteiger partial charge on any atom is -0.493 e. The highest BCUT2D eigenvalue weighted by atomic mass is 16.5. The number of ether oxygens (including phenoxy) is 4. The Morgan fingerprint density at radius 2 is 1.63 bits per heavy atom. The second kappa shape index (κ2) is 10.0. The summed E-state index contributed by atoms with van der Waals surface area (Å²) in [6, 6.07) is 8.15. The van der Waals surface area contributed by atoms with Crippen molar-refractivity contribution < 1.29 is 37.7 Å². The molecule has 27 heavy (non-hydrogen) atoms. The van der Waals surface area contributed by atoms with Gasteiger partial charge in [0.2, 0.25) is 0 Å². The van der Waals surface area contributed by atoms with E-state index in [0.29, 0.717) is 29.1 Å². The molecule has 0 saturated carbocycles. The van der Waals surface area contributed by atoms with E-state index >= 15 is 0 Å². The Morgan fingerprint density at radius 3 is 2.22 bits per heavy atom. The van der Waals surface area contributed by atoms with E-state index in [4.69, 9.17) is 13.9 Å².